The Labute approximate surface area is 201 Å². The van der Waals surface area contributed by atoms with Gasteiger partial charge in [0.2, 0.25) is 5.91 Å². The number of hydrogen-bond acceptors (Lipinski definition) is 8. The number of methoxy groups -OCH3 is 1. The third-order valence-corrected chi connectivity index (χ3v) is 5.52. The summed E-state index contributed by atoms with van der Waals surface area (Å²) in [6.07, 6.45) is 1.54. The van der Waals surface area contributed by atoms with Gasteiger partial charge >= 0.3 is 5.97 Å². The summed E-state index contributed by atoms with van der Waals surface area (Å²) < 4.78 is 15.6. The van der Waals surface area contributed by atoms with Gasteiger partial charge in [0, 0.05) is 5.69 Å². The van der Waals surface area contributed by atoms with Gasteiger partial charge < -0.3 is 19.5 Å². The van der Waals surface area contributed by atoms with Crippen molar-refractivity contribution in [1.29, 1.82) is 0 Å². The summed E-state index contributed by atoms with van der Waals surface area (Å²) in [6, 6.07) is 12.1. The van der Waals surface area contributed by atoms with E-state index in [4.69, 9.17) is 9.47 Å². The molecule has 1 aliphatic heterocycles. The average Bonchev–Trinajstić information content (AvgIpc) is 3.05. The number of nitrogens with one attached hydrogen (secondary N) is 1. The van der Waals surface area contributed by atoms with E-state index in [2.05, 4.69) is 10.1 Å². The Kier molecular flexibility index (Phi) is 8.31. The molecule has 1 fully saturated rings. The van der Waals surface area contributed by atoms with Crippen LogP contribution in [-0.4, -0.2) is 54.8 Å². The number of benzene rings is 2. The third kappa shape index (κ3) is 6.38. The molecule has 0 aromatic heterocycles. The van der Waals surface area contributed by atoms with Crippen LogP contribution in [0.2, 0.25) is 0 Å². The molecule has 178 valence electrons. The molecule has 34 heavy (non-hydrogen) atoms. The van der Waals surface area contributed by atoms with Gasteiger partial charge in [-0.25, -0.2) is 4.79 Å². The van der Waals surface area contributed by atoms with Crippen LogP contribution in [0.3, 0.4) is 0 Å². The Hall–Kier alpha value is -3.79. The molecule has 0 bridgehead atoms. The summed E-state index contributed by atoms with van der Waals surface area (Å²) in [7, 11) is 1.26. The number of hydrogen-bond donors (Lipinski definition) is 1. The lowest BCUT2D eigenvalue weighted by atomic mass is 10.2. The molecule has 9 nitrogen and oxygen atoms in total. The maximum atomic E-state index is 12.8. The Balaban J connectivity index is 1.71. The number of anilines is 1. The molecule has 0 radical (unpaired) electrons. The van der Waals surface area contributed by atoms with Crippen LogP contribution in [0.1, 0.15) is 18.1 Å². The normalized spacial score (nSPS) is 14.3. The smallest absolute Gasteiger partial charge is 0.343 e. The molecule has 1 saturated heterocycles. The van der Waals surface area contributed by atoms with Gasteiger partial charge in [0.25, 0.3) is 11.1 Å². The van der Waals surface area contributed by atoms with Gasteiger partial charge in [-0.3, -0.25) is 19.3 Å². The average molecular weight is 485 g/mol. The molecule has 0 atom stereocenters. The fourth-order valence-electron chi connectivity index (χ4n) is 3.05. The van der Waals surface area contributed by atoms with E-state index < -0.39 is 23.0 Å². The molecule has 0 spiro atoms. The van der Waals surface area contributed by atoms with Crippen LogP contribution in [0.25, 0.3) is 6.08 Å². The number of carbonyl (C=O) groups is 4. The van der Waals surface area contributed by atoms with Gasteiger partial charge in [0.1, 0.15) is 6.54 Å². The predicted octanol–water partition coefficient (Wildman–Crippen LogP) is 3.62. The molecule has 2 aromatic rings. The van der Waals surface area contributed by atoms with Crippen LogP contribution in [0.5, 0.6) is 11.5 Å². The zero-order valence-electron chi connectivity index (χ0n) is 19.0. The van der Waals surface area contributed by atoms with Crippen molar-refractivity contribution in [2.24, 2.45) is 0 Å². The molecule has 0 unspecified atom stereocenters. The van der Waals surface area contributed by atoms with E-state index in [1.165, 1.54) is 13.2 Å². The summed E-state index contributed by atoms with van der Waals surface area (Å²) in [5, 5.41) is 2.16. The predicted molar refractivity (Wildman–Crippen MR) is 128 cm³/mol. The summed E-state index contributed by atoms with van der Waals surface area (Å²) in [5.74, 6) is -0.855. The van der Waals surface area contributed by atoms with E-state index in [1.807, 2.05) is 13.0 Å². The first-order valence-corrected chi connectivity index (χ1v) is 11.2. The van der Waals surface area contributed by atoms with Crippen LogP contribution in [0, 0.1) is 6.92 Å². The van der Waals surface area contributed by atoms with Crippen molar-refractivity contribution in [3.8, 4) is 11.5 Å². The lowest BCUT2D eigenvalue weighted by molar-refractivity contribution is -0.143. The SMILES string of the molecule is CCOc1cc(/C=C2/SC(=O)N(CC(=O)Nc3cccc(C)c3)C2=O)ccc1OCC(=O)OC. The topological polar surface area (TPSA) is 111 Å². The number of amides is 3. The second kappa shape index (κ2) is 11.4. The number of ether oxygens (including phenoxy) is 3. The first-order chi connectivity index (χ1) is 16.3. The van der Waals surface area contributed by atoms with Gasteiger partial charge in [-0.15, -0.1) is 0 Å². The molecular weight excluding hydrogens is 460 g/mol. The summed E-state index contributed by atoms with van der Waals surface area (Å²) in [4.78, 5) is 50.0. The standard InChI is InChI=1S/C24H24N2O7S/c1-4-32-19-11-16(8-9-18(19)33-14-22(28)31-3)12-20-23(29)26(24(30)34-20)13-21(27)25-17-7-5-6-15(2)10-17/h5-12H,4,13-14H2,1-3H3,(H,25,27)/b20-12+. The van der Waals surface area contributed by atoms with Crippen LogP contribution >= 0.6 is 11.8 Å². The maximum absolute atomic E-state index is 12.8. The van der Waals surface area contributed by atoms with Crippen molar-refractivity contribution in [2.45, 2.75) is 13.8 Å². The largest absolute Gasteiger partial charge is 0.490 e. The van der Waals surface area contributed by atoms with E-state index in [0.29, 0.717) is 29.4 Å². The molecule has 3 amide bonds. The first kappa shape index (κ1) is 24.8. The number of aryl methyl sites for hydroxylation is 1. The first-order valence-electron chi connectivity index (χ1n) is 10.4. The third-order valence-electron chi connectivity index (χ3n) is 4.62. The highest BCUT2D eigenvalue weighted by Crippen LogP contribution is 2.34. The van der Waals surface area contributed by atoms with Gasteiger partial charge in [0.05, 0.1) is 18.6 Å². The van der Waals surface area contributed by atoms with Gasteiger partial charge in [0.15, 0.2) is 18.1 Å². The van der Waals surface area contributed by atoms with Crippen molar-refractivity contribution in [2.75, 3.05) is 32.2 Å². The number of imide groups is 1. The molecule has 1 aliphatic rings. The Morgan fingerprint density at radius 1 is 1.09 bits per heavy atom. The fourth-order valence-corrected chi connectivity index (χ4v) is 3.89. The Bertz CT molecular complexity index is 1150. The van der Waals surface area contributed by atoms with E-state index in [-0.39, 0.29) is 18.1 Å². The lowest BCUT2D eigenvalue weighted by Crippen LogP contribution is -2.36. The van der Waals surface area contributed by atoms with Gasteiger partial charge in [-0.05, 0) is 67.1 Å². The van der Waals surface area contributed by atoms with Crippen LogP contribution in [-0.2, 0) is 19.1 Å². The fraction of sp³-hybridized carbons (Fsp3) is 0.250. The zero-order chi connectivity index (χ0) is 24.7. The minimum absolute atomic E-state index is 0.180. The Morgan fingerprint density at radius 3 is 2.59 bits per heavy atom. The quantitative estimate of drug-likeness (QED) is 0.424. The van der Waals surface area contributed by atoms with Gasteiger partial charge in [-0.2, -0.15) is 0 Å². The zero-order valence-corrected chi connectivity index (χ0v) is 19.8. The molecule has 0 saturated carbocycles. The number of thioether (sulfide) groups is 1. The van der Waals surface area contributed by atoms with E-state index in [9.17, 15) is 19.2 Å². The van der Waals surface area contributed by atoms with E-state index in [0.717, 1.165) is 22.2 Å². The molecular formula is C24H24N2O7S. The molecule has 3 rings (SSSR count). The highest BCUT2D eigenvalue weighted by Gasteiger charge is 2.36. The van der Waals surface area contributed by atoms with E-state index in [1.54, 1.807) is 43.3 Å². The van der Waals surface area contributed by atoms with Crippen molar-refractivity contribution >= 4 is 46.5 Å². The van der Waals surface area contributed by atoms with E-state index >= 15 is 0 Å². The van der Waals surface area contributed by atoms with Crippen LogP contribution in [0.15, 0.2) is 47.4 Å². The second-order valence-corrected chi connectivity index (χ2v) is 8.18. The monoisotopic (exact) mass is 484 g/mol. The molecule has 0 aliphatic carbocycles. The second-order valence-electron chi connectivity index (χ2n) is 7.19. The Morgan fingerprint density at radius 2 is 1.88 bits per heavy atom. The molecule has 2 aromatic carbocycles. The lowest BCUT2D eigenvalue weighted by Gasteiger charge is -2.13. The minimum atomic E-state index is -0.557. The summed E-state index contributed by atoms with van der Waals surface area (Å²) in [6.45, 7) is 3.38. The maximum Gasteiger partial charge on any atom is 0.343 e. The summed E-state index contributed by atoms with van der Waals surface area (Å²) >= 11 is 0.753. The van der Waals surface area contributed by atoms with Crippen molar-refractivity contribution in [3.63, 3.8) is 0 Å². The summed E-state index contributed by atoms with van der Waals surface area (Å²) in [5.41, 5.74) is 2.15. The molecule has 1 N–H and O–H groups in total. The highest BCUT2D eigenvalue weighted by atomic mass is 32.2. The number of nitrogens with zero attached hydrogens (tertiary/aromatic N) is 1. The molecule has 10 heteroatoms. The van der Waals surface area contributed by atoms with Gasteiger partial charge in [-0.1, -0.05) is 18.2 Å². The number of carbonyl (C=O) groups excluding carboxylic acids is 4. The van der Waals surface area contributed by atoms with Crippen LogP contribution in [0.4, 0.5) is 10.5 Å². The highest BCUT2D eigenvalue weighted by molar-refractivity contribution is 8.18. The number of esters is 1. The minimum Gasteiger partial charge on any atom is -0.490 e. The van der Waals surface area contributed by atoms with Crippen molar-refractivity contribution in [3.05, 3.63) is 58.5 Å². The van der Waals surface area contributed by atoms with Crippen molar-refractivity contribution < 1.29 is 33.4 Å². The molecule has 1 heterocycles. The van der Waals surface area contributed by atoms with Crippen molar-refractivity contribution in [1.82, 2.24) is 4.90 Å². The number of rotatable bonds is 9. The van der Waals surface area contributed by atoms with Crippen LogP contribution < -0.4 is 14.8 Å².